The predicted molar refractivity (Wildman–Crippen MR) is 79.9 cm³/mol. The number of nitrogens with one attached hydrogen (secondary N) is 3. The molecule has 1 unspecified atom stereocenters. The van der Waals surface area contributed by atoms with Gasteiger partial charge in [0.25, 0.3) is 10.0 Å². The van der Waals surface area contributed by atoms with Crippen LogP contribution in [-0.2, 0) is 16.6 Å². The molecule has 3 N–H and O–H groups in total. The van der Waals surface area contributed by atoms with Gasteiger partial charge in [0.05, 0.1) is 0 Å². The van der Waals surface area contributed by atoms with E-state index in [0.29, 0.717) is 18.0 Å². The predicted octanol–water partition coefficient (Wildman–Crippen LogP) is 1.54. The van der Waals surface area contributed by atoms with Gasteiger partial charge in [0.15, 0.2) is 5.03 Å². The molecular weight excluding hydrogens is 276 g/mol. The van der Waals surface area contributed by atoms with Gasteiger partial charge >= 0.3 is 0 Å². The summed E-state index contributed by atoms with van der Waals surface area (Å²) in [5, 5.41) is 9.74. The van der Waals surface area contributed by atoms with Crippen molar-refractivity contribution >= 4 is 10.0 Å². The Balaban J connectivity index is 2.83. The van der Waals surface area contributed by atoms with E-state index in [4.69, 9.17) is 0 Å². The zero-order valence-corrected chi connectivity index (χ0v) is 13.8. The molecule has 0 radical (unpaired) electrons. The average Bonchev–Trinajstić information content (AvgIpc) is 2.69. The number of sulfonamides is 1. The molecule has 0 aliphatic rings. The van der Waals surface area contributed by atoms with Crippen LogP contribution < -0.4 is 10.0 Å². The smallest absolute Gasteiger partial charge is 0.260 e. The maximum atomic E-state index is 12.4. The van der Waals surface area contributed by atoms with E-state index in [2.05, 4.69) is 34.1 Å². The fourth-order valence-corrected chi connectivity index (χ4v) is 3.47. The molecular formula is C13H26N4O2S. The Labute approximate surface area is 121 Å². The van der Waals surface area contributed by atoms with E-state index in [1.807, 2.05) is 13.8 Å². The van der Waals surface area contributed by atoms with Gasteiger partial charge in [-0.2, -0.15) is 5.10 Å². The summed E-state index contributed by atoms with van der Waals surface area (Å²) in [6.45, 7) is 8.43. The molecule has 0 aliphatic heterocycles. The van der Waals surface area contributed by atoms with Crippen LogP contribution >= 0.6 is 0 Å². The first kappa shape index (κ1) is 17.1. The number of hydrogen-bond acceptors (Lipinski definition) is 4. The minimum Gasteiger partial charge on any atom is -0.316 e. The number of aromatic nitrogens is 2. The Morgan fingerprint density at radius 3 is 2.45 bits per heavy atom. The van der Waals surface area contributed by atoms with Gasteiger partial charge in [0.1, 0.15) is 0 Å². The van der Waals surface area contributed by atoms with Gasteiger partial charge in [-0.1, -0.05) is 13.8 Å². The summed E-state index contributed by atoms with van der Waals surface area (Å²) in [5.74, 6) is 0.564. The molecule has 1 rings (SSSR count). The SMILES string of the molecule is CNCc1c(S(=O)(=O)NC(C)CCC(C)C)n[nH]c1C. The molecule has 1 aromatic heterocycles. The van der Waals surface area contributed by atoms with Gasteiger partial charge in [0, 0.05) is 23.8 Å². The lowest BCUT2D eigenvalue weighted by Gasteiger charge is -2.15. The Kier molecular flexibility index (Phi) is 6.16. The van der Waals surface area contributed by atoms with E-state index in [-0.39, 0.29) is 11.1 Å². The number of aromatic amines is 1. The van der Waals surface area contributed by atoms with Crippen molar-refractivity contribution in [3.05, 3.63) is 11.3 Å². The van der Waals surface area contributed by atoms with Crippen LogP contribution in [0.25, 0.3) is 0 Å². The highest BCUT2D eigenvalue weighted by atomic mass is 32.2. The Morgan fingerprint density at radius 2 is 1.90 bits per heavy atom. The first-order valence-electron chi connectivity index (χ1n) is 6.98. The summed E-state index contributed by atoms with van der Waals surface area (Å²) < 4.78 is 27.5. The zero-order chi connectivity index (χ0) is 15.3. The first-order chi connectivity index (χ1) is 9.27. The van der Waals surface area contributed by atoms with E-state index in [0.717, 1.165) is 18.5 Å². The molecule has 0 fully saturated rings. The van der Waals surface area contributed by atoms with Crippen LogP contribution in [0.2, 0.25) is 0 Å². The second kappa shape index (κ2) is 7.19. The number of H-pyrrole nitrogens is 1. The minimum atomic E-state index is -3.57. The largest absolute Gasteiger partial charge is 0.316 e. The van der Waals surface area contributed by atoms with Gasteiger partial charge in [-0.25, -0.2) is 13.1 Å². The van der Waals surface area contributed by atoms with Crippen LogP contribution in [0.1, 0.15) is 44.9 Å². The minimum absolute atomic E-state index is 0.0955. The third kappa shape index (κ3) is 4.57. The summed E-state index contributed by atoms with van der Waals surface area (Å²) in [6.07, 6.45) is 1.81. The van der Waals surface area contributed by atoms with Gasteiger partial charge in [-0.3, -0.25) is 5.10 Å². The molecule has 6 nitrogen and oxygen atoms in total. The molecule has 1 heterocycles. The number of aryl methyl sites for hydroxylation is 1. The summed E-state index contributed by atoms with van der Waals surface area (Å²) in [4.78, 5) is 0. The molecule has 20 heavy (non-hydrogen) atoms. The van der Waals surface area contributed by atoms with E-state index in [1.54, 1.807) is 7.05 Å². The second-order valence-corrected chi connectivity index (χ2v) is 7.29. The second-order valence-electron chi connectivity index (χ2n) is 5.66. The molecule has 0 saturated heterocycles. The molecule has 0 saturated carbocycles. The highest BCUT2D eigenvalue weighted by Gasteiger charge is 2.25. The molecule has 7 heteroatoms. The third-order valence-electron chi connectivity index (χ3n) is 3.18. The van der Waals surface area contributed by atoms with Crippen molar-refractivity contribution in [3.8, 4) is 0 Å². The van der Waals surface area contributed by atoms with Gasteiger partial charge in [-0.05, 0) is 39.7 Å². The topological polar surface area (TPSA) is 86.9 Å². The van der Waals surface area contributed by atoms with Crippen molar-refractivity contribution < 1.29 is 8.42 Å². The van der Waals surface area contributed by atoms with E-state index in [9.17, 15) is 8.42 Å². The normalized spacial score (nSPS) is 13.9. The highest BCUT2D eigenvalue weighted by molar-refractivity contribution is 7.89. The quantitative estimate of drug-likeness (QED) is 0.680. The molecule has 116 valence electrons. The summed E-state index contributed by atoms with van der Waals surface area (Å²) in [6, 6.07) is -0.0955. The monoisotopic (exact) mass is 302 g/mol. The van der Waals surface area contributed by atoms with Crippen molar-refractivity contribution in [2.24, 2.45) is 5.92 Å². The van der Waals surface area contributed by atoms with E-state index < -0.39 is 10.0 Å². The third-order valence-corrected chi connectivity index (χ3v) is 4.74. The molecule has 0 aromatic carbocycles. The van der Waals surface area contributed by atoms with Crippen molar-refractivity contribution in [1.82, 2.24) is 20.2 Å². The van der Waals surface area contributed by atoms with Crippen LogP contribution in [0.4, 0.5) is 0 Å². The zero-order valence-electron chi connectivity index (χ0n) is 12.9. The van der Waals surface area contributed by atoms with Crippen molar-refractivity contribution in [2.75, 3.05) is 7.05 Å². The molecule has 0 amide bonds. The van der Waals surface area contributed by atoms with Crippen LogP contribution in [0.15, 0.2) is 5.03 Å². The molecule has 0 bridgehead atoms. The lowest BCUT2D eigenvalue weighted by molar-refractivity contribution is 0.484. The summed E-state index contributed by atoms with van der Waals surface area (Å²) in [7, 11) is -1.79. The van der Waals surface area contributed by atoms with Crippen LogP contribution in [0.5, 0.6) is 0 Å². The lowest BCUT2D eigenvalue weighted by Crippen LogP contribution is -2.33. The van der Waals surface area contributed by atoms with Crippen LogP contribution in [-0.4, -0.2) is 31.7 Å². The van der Waals surface area contributed by atoms with Crippen molar-refractivity contribution in [1.29, 1.82) is 0 Å². The van der Waals surface area contributed by atoms with Gasteiger partial charge in [0.2, 0.25) is 0 Å². The maximum Gasteiger partial charge on any atom is 0.260 e. The fraction of sp³-hybridized carbons (Fsp3) is 0.769. The average molecular weight is 302 g/mol. The highest BCUT2D eigenvalue weighted by Crippen LogP contribution is 2.17. The number of nitrogens with zero attached hydrogens (tertiary/aromatic N) is 1. The van der Waals surface area contributed by atoms with E-state index in [1.165, 1.54) is 0 Å². The first-order valence-corrected chi connectivity index (χ1v) is 8.47. The maximum absolute atomic E-state index is 12.4. The Hall–Kier alpha value is -0.920. The Morgan fingerprint density at radius 1 is 1.25 bits per heavy atom. The number of hydrogen-bond donors (Lipinski definition) is 3. The van der Waals surface area contributed by atoms with Gasteiger partial charge in [-0.15, -0.1) is 0 Å². The van der Waals surface area contributed by atoms with Crippen molar-refractivity contribution in [2.45, 2.75) is 58.1 Å². The molecule has 0 spiro atoms. The standard InChI is InChI=1S/C13H26N4O2S/c1-9(2)6-7-10(3)17-20(18,19)13-12(8-14-5)11(4)15-16-13/h9-10,14,17H,6-8H2,1-5H3,(H,15,16). The lowest BCUT2D eigenvalue weighted by atomic mass is 10.1. The van der Waals surface area contributed by atoms with Crippen LogP contribution in [0, 0.1) is 12.8 Å². The number of rotatable bonds is 8. The fourth-order valence-electron chi connectivity index (χ4n) is 2.00. The summed E-state index contributed by atoms with van der Waals surface area (Å²) >= 11 is 0. The summed E-state index contributed by atoms with van der Waals surface area (Å²) in [5.41, 5.74) is 1.46. The molecule has 1 aromatic rings. The molecule has 1 atom stereocenters. The van der Waals surface area contributed by atoms with E-state index >= 15 is 0 Å². The van der Waals surface area contributed by atoms with Crippen molar-refractivity contribution in [3.63, 3.8) is 0 Å². The Bertz CT molecular complexity index is 522. The van der Waals surface area contributed by atoms with Crippen LogP contribution in [0.3, 0.4) is 0 Å². The molecule has 0 aliphatic carbocycles. The van der Waals surface area contributed by atoms with Gasteiger partial charge < -0.3 is 5.32 Å².